The average molecular weight is 497 g/mol. The van der Waals surface area contributed by atoms with E-state index >= 15 is 0 Å². The van der Waals surface area contributed by atoms with Crippen molar-refractivity contribution in [3.05, 3.63) is 65.2 Å². The molecule has 5 nitrogen and oxygen atoms in total. The molecule has 0 saturated carbocycles. The number of halogens is 1. The maximum absolute atomic E-state index is 5.86. The van der Waals surface area contributed by atoms with Crippen LogP contribution in [0.1, 0.15) is 37.5 Å². The lowest BCUT2D eigenvalue weighted by atomic mass is 10.1. The predicted octanol–water partition coefficient (Wildman–Crippen LogP) is 4.49. The van der Waals surface area contributed by atoms with Gasteiger partial charge in [0.2, 0.25) is 0 Å². The fourth-order valence-corrected chi connectivity index (χ4v) is 2.46. The summed E-state index contributed by atoms with van der Waals surface area (Å²) in [4.78, 5) is 4.29. The van der Waals surface area contributed by atoms with Crippen LogP contribution in [0.4, 0.5) is 0 Å². The zero-order valence-electron chi connectivity index (χ0n) is 17.4. The number of methoxy groups -OCH3 is 1. The van der Waals surface area contributed by atoms with E-state index in [0.29, 0.717) is 19.7 Å². The quantitative estimate of drug-likeness (QED) is 0.336. The minimum Gasteiger partial charge on any atom is -0.497 e. The number of benzene rings is 2. The van der Waals surface area contributed by atoms with Gasteiger partial charge in [-0.05, 0) is 49.6 Å². The van der Waals surface area contributed by atoms with Gasteiger partial charge in [-0.15, -0.1) is 24.0 Å². The molecule has 0 aliphatic heterocycles. The first-order chi connectivity index (χ1) is 12.9. The van der Waals surface area contributed by atoms with E-state index in [1.165, 1.54) is 16.7 Å². The van der Waals surface area contributed by atoms with E-state index in [-0.39, 0.29) is 29.6 Å². The first-order valence-electron chi connectivity index (χ1n) is 9.19. The molecule has 0 atom stereocenters. The molecule has 0 fully saturated rings. The Kier molecular flexibility index (Phi) is 10.3. The number of hydrogen-bond donors (Lipinski definition) is 2. The summed E-state index contributed by atoms with van der Waals surface area (Å²) in [6.45, 7) is 8.21. The van der Waals surface area contributed by atoms with Gasteiger partial charge in [0.1, 0.15) is 5.75 Å². The van der Waals surface area contributed by atoms with Gasteiger partial charge in [0, 0.05) is 20.1 Å². The summed E-state index contributed by atoms with van der Waals surface area (Å²) in [7, 11) is 3.44. The number of ether oxygens (including phenoxy) is 2. The Morgan fingerprint density at radius 1 is 0.929 bits per heavy atom. The Hall–Kier alpha value is -1.80. The second-order valence-electron chi connectivity index (χ2n) is 7.35. The molecule has 0 bridgehead atoms. The second kappa shape index (κ2) is 11.9. The topological polar surface area (TPSA) is 54.9 Å². The number of nitrogens with one attached hydrogen (secondary N) is 2. The Balaban J connectivity index is 0.00000392. The summed E-state index contributed by atoms with van der Waals surface area (Å²) in [5, 5.41) is 6.68. The van der Waals surface area contributed by atoms with E-state index in [1.807, 2.05) is 24.3 Å². The third-order valence-electron chi connectivity index (χ3n) is 3.97. The molecule has 2 aromatic rings. The molecule has 28 heavy (non-hydrogen) atoms. The predicted molar refractivity (Wildman–Crippen MR) is 126 cm³/mol. The van der Waals surface area contributed by atoms with Crippen LogP contribution in [0.15, 0.2) is 53.5 Å². The highest BCUT2D eigenvalue weighted by Gasteiger charge is 2.10. The van der Waals surface area contributed by atoms with Crippen molar-refractivity contribution in [2.24, 2.45) is 4.99 Å². The highest BCUT2D eigenvalue weighted by atomic mass is 127. The van der Waals surface area contributed by atoms with Gasteiger partial charge in [-0.2, -0.15) is 0 Å². The lowest BCUT2D eigenvalue weighted by Gasteiger charge is -2.19. The van der Waals surface area contributed by atoms with Gasteiger partial charge in [0.05, 0.1) is 19.3 Å². The number of hydrogen-bond acceptors (Lipinski definition) is 3. The molecule has 2 aromatic carbocycles. The molecule has 0 aromatic heterocycles. The van der Waals surface area contributed by atoms with Crippen LogP contribution in [0, 0.1) is 0 Å². The molecule has 0 amide bonds. The van der Waals surface area contributed by atoms with Gasteiger partial charge in [0.25, 0.3) is 0 Å². The molecule has 0 saturated heterocycles. The van der Waals surface area contributed by atoms with Gasteiger partial charge in [-0.25, -0.2) is 0 Å². The van der Waals surface area contributed by atoms with Crippen LogP contribution in [0.2, 0.25) is 0 Å². The Bertz CT molecular complexity index is 740. The van der Waals surface area contributed by atoms with E-state index in [1.54, 1.807) is 14.2 Å². The smallest absolute Gasteiger partial charge is 0.191 e. The third-order valence-corrected chi connectivity index (χ3v) is 3.97. The lowest BCUT2D eigenvalue weighted by Crippen LogP contribution is -2.36. The molecule has 2 rings (SSSR count). The molecule has 0 aliphatic rings. The Morgan fingerprint density at radius 2 is 1.54 bits per heavy atom. The molecular formula is C22H32IN3O2. The highest BCUT2D eigenvalue weighted by molar-refractivity contribution is 14.0. The maximum atomic E-state index is 5.86. The van der Waals surface area contributed by atoms with Crippen LogP contribution in [0.25, 0.3) is 0 Å². The second-order valence-corrected chi connectivity index (χ2v) is 7.35. The summed E-state index contributed by atoms with van der Waals surface area (Å²) < 4.78 is 11.0. The summed E-state index contributed by atoms with van der Waals surface area (Å²) in [6, 6.07) is 16.4. The van der Waals surface area contributed by atoms with Crippen molar-refractivity contribution >= 4 is 29.9 Å². The van der Waals surface area contributed by atoms with Crippen LogP contribution in [0.3, 0.4) is 0 Å². The van der Waals surface area contributed by atoms with Crippen molar-refractivity contribution in [1.82, 2.24) is 10.6 Å². The zero-order valence-corrected chi connectivity index (χ0v) is 19.7. The SMILES string of the molecule is CN=C(NCc1ccc(OC)cc1)NCc1cccc(COC(C)(C)C)c1.I. The van der Waals surface area contributed by atoms with Crippen molar-refractivity contribution in [2.75, 3.05) is 14.2 Å². The minimum atomic E-state index is -0.137. The number of aliphatic imine (C=N–C) groups is 1. The van der Waals surface area contributed by atoms with Crippen molar-refractivity contribution < 1.29 is 9.47 Å². The first-order valence-corrected chi connectivity index (χ1v) is 9.19. The largest absolute Gasteiger partial charge is 0.497 e. The normalized spacial score (nSPS) is 11.5. The van der Waals surface area contributed by atoms with Gasteiger partial charge in [-0.3, -0.25) is 4.99 Å². The minimum absolute atomic E-state index is 0. The third kappa shape index (κ3) is 8.93. The number of rotatable bonds is 7. The lowest BCUT2D eigenvalue weighted by molar-refractivity contribution is -0.0149. The fourth-order valence-electron chi connectivity index (χ4n) is 2.46. The van der Waals surface area contributed by atoms with Crippen molar-refractivity contribution in [3.8, 4) is 5.75 Å². The van der Waals surface area contributed by atoms with Crippen molar-refractivity contribution in [2.45, 2.75) is 46.1 Å². The van der Waals surface area contributed by atoms with E-state index in [9.17, 15) is 0 Å². The van der Waals surface area contributed by atoms with Crippen molar-refractivity contribution in [3.63, 3.8) is 0 Å². The van der Waals surface area contributed by atoms with Crippen molar-refractivity contribution in [1.29, 1.82) is 0 Å². The Labute approximate surface area is 186 Å². The number of guanidine groups is 1. The van der Waals surface area contributed by atoms with E-state index in [4.69, 9.17) is 9.47 Å². The molecule has 0 radical (unpaired) electrons. The molecule has 0 aliphatic carbocycles. The molecule has 0 spiro atoms. The zero-order chi connectivity index (χ0) is 19.7. The van der Waals surface area contributed by atoms with Gasteiger partial charge < -0.3 is 20.1 Å². The average Bonchev–Trinajstić information content (AvgIpc) is 2.67. The highest BCUT2D eigenvalue weighted by Crippen LogP contribution is 2.13. The summed E-state index contributed by atoms with van der Waals surface area (Å²) >= 11 is 0. The molecule has 0 heterocycles. The van der Waals surface area contributed by atoms with Crippen LogP contribution >= 0.6 is 24.0 Å². The van der Waals surface area contributed by atoms with Gasteiger partial charge in [0.15, 0.2) is 5.96 Å². The molecular weight excluding hydrogens is 465 g/mol. The molecule has 154 valence electrons. The molecule has 2 N–H and O–H groups in total. The summed E-state index contributed by atoms with van der Waals surface area (Å²) in [6.07, 6.45) is 0. The van der Waals surface area contributed by atoms with E-state index < -0.39 is 0 Å². The first kappa shape index (κ1) is 24.2. The van der Waals surface area contributed by atoms with E-state index in [0.717, 1.165) is 11.7 Å². The van der Waals surface area contributed by atoms with Crippen LogP contribution in [-0.2, 0) is 24.4 Å². The van der Waals surface area contributed by atoms with Crippen LogP contribution in [-0.4, -0.2) is 25.7 Å². The van der Waals surface area contributed by atoms with Gasteiger partial charge >= 0.3 is 0 Å². The number of nitrogens with zero attached hydrogens (tertiary/aromatic N) is 1. The molecule has 6 heteroatoms. The monoisotopic (exact) mass is 497 g/mol. The summed E-state index contributed by atoms with van der Waals surface area (Å²) in [5.74, 6) is 1.62. The fraction of sp³-hybridized carbons (Fsp3) is 0.409. The van der Waals surface area contributed by atoms with Crippen LogP contribution < -0.4 is 15.4 Å². The van der Waals surface area contributed by atoms with Crippen LogP contribution in [0.5, 0.6) is 5.75 Å². The van der Waals surface area contributed by atoms with E-state index in [2.05, 4.69) is 60.7 Å². The maximum Gasteiger partial charge on any atom is 0.191 e. The van der Waals surface area contributed by atoms with Gasteiger partial charge in [-0.1, -0.05) is 36.4 Å². The summed E-state index contributed by atoms with van der Waals surface area (Å²) in [5.41, 5.74) is 3.39. The Morgan fingerprint density at radius 3 is 2.11 bits per heavy atom. The molecule has 0 unspecified atom stereocenters. The standard InChI is InChI=1S/C22H31N3O2.HI/c1-22(2,3)27-16-19-8-6-7-18(13-19)15-25-21(23-4)24-14-17-9-11-20(26-5)12-10-17;/h6-13H,14-16H2,1-5H3,(H2,23,24,25);1H.